The summed E-state index contributed by atoms with van der Waals surface area (Å²) in [7, 11) is -2.43. The second-order valence-electron chi connectivity index (χ2n) is 3.93. The van der Waals surface area contributed by atoms with Gasteiger partial charge in [-0.05, 0) is 34.5 Å². The third kappa shape index (κ3) is 3.82. The molecule has 0 saturated carbocycles. The number of methoxy groups -OCH3 is 1. The molecular formula is C11H17BrN2O4S. The van der Waals surface area contributed by atoms with E-state index in [0.29, 0.717) is 16.6 Å². The van der Waals surface area contributed by atoms with Crippen LogP contribution in [0.25, 0.3) is 0 Å². The van der Waals surface area contributed by atoms with Gasteiger partial charge in [-0.3, -0.25) is 0 Å². The average molecular weight is 353 g/mol. The number of aliphatic hydroxyl groups is 1. The SMILES string of the molecule is CC[C@H](CO)NS(=O)(=O)c1cc(N)c(Br)cc1OC. The van der Waals surface area contributed by atoms with Crippen molar-refractivity contribution in [1.29, 1.82) is 0 Å². The van der Waals surface area contributed by atoms with Crippen LogP contribution in [0.3, 0.4) is 0 Å². The molecule has 0 aliphatic rings. The van der Waals surface area contributed by atoms with Crippen molar-refractivity contribution < 1.29 is 18.3 Å². The Morgan fingerprint density at radius 1 is 1.53 bits per heavy atom. The maximum atomic E-state index is 12.2. The number of benzene rings is 1. The van der Waals surface area contributed by atoms with Crippen LogP contribution in [0.15, 0.2) is 21.5 Å². The van der Waals surface area contributed by atoms with Crippen molar-refractivity contribution >= 4 is 31.6 Å². The third-order valence-corrected chi connectivity index (χ3v) is 4.84. The number of sulfonamides is 1. The number of rotatable bonds is 6. The van der Waals surface area contributed by atoms with Crippen LogP contribution in [0, 0.1) is 0 Å². The lowest BCUT2D eigenvalue weighted by atomic mass is 10.3. The molecule has 6 nitrogen and oxygen atoms in total. The Bertz CT molecular complexity index is 544. The second kappa shape index (κ2) is 6.56. The number of halogens is 1. The highest BCUT2D eigenvalue weighted by Gasteiger charge is 2.23. The molecule has 4 N–H and O–H groups in total. The number of nitrogens with one attached hydrogen (secondary N) is 1. The van der Waals surface area contributed by atoms with Gasteiger partial charge in [-0.1, -0.05) is 6.92 Å². The predicted molar refractivity (Wildman–Crippen MR) is 76.6 cm³/mol. The van der Waals surface area contributed by atoms with Crippen LogP contribution in [-0.2, 0) is 10.0 Å². The highest BCUT2D eigenvalue weighted by atomic mass is 79.9. The summed E-state index contributed by atoms with van der Waals surface area (Å²) in [5, 5.41) is 9.07. The summed E-state index contributed by atoms with van der Waals surface area (Å²) < 4.78 is 32.5. The van der Waals surface area contributed by atoms with Crippen LogP contribution in [0.1, 0.15) is 13.3 Å². The normalized spacial score (nSPS) is 13.3. The number of aliphatic hydroxyl groups excluding tert-OH is 1. The van der Waals surface area contributed by atoms with Crippen molar-refractivity contribution in [3.05, 3.63) is 16.6 Å². The van der Waals surface area contributed by atoms with Gasteiger partial charge in [0.15, 0.2) is 0 Å². The zero-order valence-corrected chi connectivity index (χ0v) is 13.1. The van der Waals surface area contributed by atoms with Crippen molar-refractivity contribution in [2.24, 2.45) is 0 Å². The van der Waals surface area contributed by atoms with Gasteiger partial charge < -0.3 is 15.6 Å². The molecule has 8 heteroatoms. The number of nitrogens with two attached hydrogens (primary N) is 1. The molecule has 108 valence electrons. The molecule has 0 amide bonds. The van der Waals surface area contributed by atoms with E-state index < -0.39 is 16.1 Å². The van der Waals surface area contributed by atoms with Gasteiger partial charge in [-0.25, -0.2) is 13.1 Å². The third-order valence-electron chi connectivity index (χ3n) is 2.61. The van der Waals surface area contributed by atoms with E-state index in [1.54, 1.807) is 6.92 Å². The van der Waals surface area contributed by atoms with E-state index in [2.05, 4.69) is 20.7 Å². The van der Waals surface area contributed by atoms with E-state index in [1.807, 2.05) is 0 Å². The zero-order chi connectivity index (χ0) is 14.6. The van der Waals surface area contributed by atoms with Crippen LogP contribution >= 0.6 is 15.9 Å². The molecule has 0 aromatic heterocycles. The Morgan fingerprint density at radius 3 is 2.63 bits per heavy atom. The molecule has 0 radical (unpaired) electrons. The smallest absolute Gasteiger partial charge is 0.244 e. The minimum atomic E-state index is -3.80. The number of hydrogen-bond acceptors (Lipinski definition) is 5. The summed E-state index contributed by atoms with van der Waals surface area (Å²) in [5.74, 6) is 0.182. The molecule has 1 aromatic rings. The highest BCUT2D eigenvalue weighted by Crippen LogP contribution is 2.32. The van der Waals surface area contributed by atoms with Crippen molar-refractivity contribution in [3.63, 3.8) is 0 Å². The van der Waals surface area contributed by atoms with E-state index >= 15 is 0 Å². The fourth-order valence-corrected chi connectivity index (χ4v) is 3.27. The Labute approximate surface area is 121 Å². The first kappa shape index (κ1) is 16.2. The van der Waals surface area contributed by atoms with Gasteiger partial charge in [-0.15, -0.1) is 0 Å². The largest absolute Gasteiger partial charge is 0.495 e. The maximum absolute atomic E-state index is 12.2. The number of hydrogen-bond donors (Lipinski definition) is 3. The lowest BCUT2D eigenvalue weighted by Gasteiger charge is -2.16. The predicted octanol–water partition coefficient (Wildman–Crippen LogP) is 1.09. The standard InChI is InChI=1S/C11H17BrN2O4S/c1-3-7(6-15)14-19(16,17)11-5-9(13)8(12)4-10(11)18-2/h4-5,7,14-15H,3,6,13H2,1-2H3/t7-/m1/s1. The number of ether oxygens (including phenoxy) is 1. The van der Waals surface area contributed by atoms with Gasteiger partial charge in [-0.2, -0.15) is 0 Å². The topological polar surface area (TPSA) is 102 Å². The summed E-state index contributed by atoms with van der Waals surface area (Å²) in [6, 6.07) is 2.26. The van der Waals surface area contributed by atoms with E-state index in [4.69, 9.17) is 15.6 Å². The van der Waals surface area contributed by atoms with Crippen molar-refractivity contribution in [2.45, 2.75) is 24.3 Å². The Hall–Kier alpha value is -0.830. The lowest BCUT2D eigenvalue weighted by Crippen LogP contribution is -2.37. The Balaban J connectivity index is 3.24. The average Bonchev–Trinajstić information content (AvgIpc) is 2.38. The molecule has 0 fully saturated rings. The lowest BCUT2D eigenvalue weighted by molar-refractivity contribution is 0.253. The Kier molecular flexibility index (Phi) is 5.60. The quantitative estimate of drug-likeness (QED) is 0.665. The molecular weight excluding hydrogens is 336 g/mol. The zero-order valence-electron chi connectivity index (χ0n) is 10.7. The second-order valence-corrected chi connectivity index (χ2v) is 6.47. The maximum Gasteiger partial charge on any atom is 0.244 e. The van der Waals surface area contributed by atoms with E-state index in [1.165, 1.54) is 19.2 Å². The van der Waals surface area contributed by atoms with Gasteiger partial charge >= 0.3 is 0 Å². The van der Waals surface area contributed by atoms with E-state index in [9.17, 15) is 8.42 Å². The minimum absolute atomic E-state index is 0.0531. The van der Waals surface area contributed by atoms with Gasteiger partial charge in [0.1, 0.15) is 10.6 Å². The fraction of sp³-hybridized carbons (Fsp3) is 0.455. The molecule has 0 bridgehead atoms. The van der Waals surface area contributed by atoms with E-state index in [-0.39, 0.29) is 17.3 Å². The first-order chi connectivity index (χ1) is 8.85. The molecule has 19 heavy (non-hydrogen) atoms. The fourth-order valence-electron chi connectivity index (χ4n) is 1.45. The summed E-state index contributed by atoms with van der Waals surface area (Å²) in [5.41, 5.74) is 5.98. The van der Waals surface area contributed by atoms with Crippen LogP contribution in [-0.4, -0.2) is 33.3 Å². The molecule has 0 unspecified atom stereocenters. The molecule has 1 atom stereocenters. The van der Waals surface area contributed by atoms with E-state index in [0.717, 1.165) is 0 Å². The van der Waals surface area contributed by atoms with Crippen molar-refractivity contribution in [3.8, 4) is 5.75 Å². The highest BCUT2D eigenvalue weighted by molar-refractivity contribution is 9.10. The molecule has 0 aliphatic carbocycles. The monoisotopic (exact) mass is 352 g/mol. The molecule has 0 aliphatic heterocycles. The van der Waals surface area contributed by atoms with Crippen LogP contribution in [0.5, 0.6) is 5.75 Å². The van der Waals surface area contributed by atoms with Crippen LogP contribution in [0.4, 0.5) is 5.69 Å². The Morgan fingerprint density at radius 2 is 2.16 bits per heavy atom. The van der Waals surface area contributed by atoms with Gasteiger partial charge in [0.05, 0.1) is 13.7 Å². The van der Waals surface area contributed by atoms with Gasteiger partial charge in [0, 0.05) is 16.2 Å². The first-order valence-corrected chi connectivity index (χ1v) is 7.89. The van der Waals surface area contributed by atoms with Crippen LogP contribution in [0.2, 0.25) is 0 Å². The summed E-state index contributed by atoms with van der Waals surface area (Å²) in [4.78, 5) is -0.0531. The van der Waals surface area contributed by atoms with Crippen molar-refractivity contribution in [2.75, 3.05) is 19.5 Å². The van der Waals surface area contributed by atoms with Crippen LogP contribution < -0.4 is 15.2 Å². The van der Waals surface area contributed by atoms with Crippen molar-refractivity contribution in [1.82, 2.24) is 4.72 Å². The molecule has 1 aromatic carbocycles. The molecule has 0 heterocycles. The number of anilines is 1. The molecule has 0 spiro atoms. The summed E-state index contributed by atoms with van der Waals surface area (Å²) in [6.45, 7) is 1.50. The van der Waals surface area contributed by atoms with Gasteiger partial charge in [0.2, 0.25) is 10.0 Å². The molecule has 1 rings (SSSR count). The molecule has 0 saturated heterocycles. The first-order valence-electron chi connectivity index (χ1n) is 5.61. The summed E-state index contributed by atoms with van der Waals surface area (Å²) >= 11 is 3.21. The minimum Gasteiger partial charge on any atom is -0.495 e. The summed E-state index contributed by atoms with van der Waals surface area (Å²) in [6.07, 6.45) is 0.476. The van der Waals surface area contributed by atoms with Gasteiger partial charge in [0.25, 0.3) is 0 Å². The number of nitrogen functional groups attached to an aromatic ring is 1.